The molecule has 0 aromatic carbocycles. The first-order valence-electron chi connectivity index (χ1n) is 13.0. The number of esters is 1. The molecule has 0 radical (unpaired) electrons. The van der Waals surface area contributed by atoms with Gasteiger partial charge in [-0.1, -0.05) is 19.9 Å². The summed E-state index contributed by atoms with van der Waals surface area (Å²) in [5.74, 6) is -1.54. The van der Waals surface area contributed by atoms with Crippen LogP contribution in [-0.4, -0.2) is 78.1 Å². The van der Waals surface area contributed by atoms with Gasteiger partial charge in [-0.15, -0.1) is 0 Å². The van der Waals surface area contributed by atoms with Crippen LogP contribution in [0.1, 0.15) is 67.2 Å². The third kappa shape index (κ3) is 9.70. The molecule has 0 bridgehead atoms. The van der Waals surface area contributed by atoms with E-state index in [2.05, 4.69) is 16.0 Å². The monoisotopic (exact) mass is 522 g/mol. The molecule has 11 nitrogen and oxygen atoms in total. The quantitative estimate of drug-likeness (QED) is 0.277. The van der Waals surface area contributed by atoms with Crippen molar-refractivity contribution < 1.29 is 33.4 Å². The fourth-order valence-electron chi connectivity index (χ4n) is 4.44. The van der Waals surface area contributed by atoms with Crippen LogP contribution in [0.5, 0.6) is 0 Å². The summed E-state index contributed by atoms with van der Waals surface area (Å²) >= 11 is 0. The minimum atomic E-state index is -0.779. The Bertz CT molecular complexity index is 881. The number of nitrogens with one attached hydrogen (secondary N) is 3. The Hall–Kier alpha value is -3.11. The number of alkyl carbamates (subject to hydrolysis) is 1. The lowest BCUT2D eigenvalue weighted by Crippen LogP contribution is -2.53. The summed E-state index contributed by atoms with van der Waals surface area (Å²) in [5, 5.41) is 8.32. The van der Waals surface area contributed by atoms with Crippen molar-refractivity contribution in [3.8, 4) is 0 Å². The Labute approximate surface area is 219 Å². The summed E-state index contributed by atoms with van der Waals surface area (Å²) in [6.45, 7) is 11.9. The molecule has 208 valence electrons. The number of carbonyl (C=O) groups excluding carboxylic acids is 5. The second-order valence-electron chi connectivity index (χ2n) is 10.9. The van der Waals surface area contributed by atoms with E-state index in [1.807, 2.05) is 13.8 Å². The molecule has 0 saturated carbocycles. The SMILES string of the molecule is CCOC(=O)/C=C/[C@H](C[C@@H]1CCNC1=O)NC(=O)[C@H](CC(C)C)N1CC[C@H](NC(=O)OC(C)(C)C)C1=O. The second kappa shape index (κ2) is 13.4. The highest BCUT2D eigenvalue weighted by molar-refractivity contribution is 5.93. The van der Waals surface area contributed by atoms with Gasteiger partial charge in [0.05, 0.1) is 6.61 Å². The summed E-state index contributed by atoms with van der Waals surface area (Å²) in [7, 11) is 0. The van der Waals surface area contributed by atoms with E-state index < -0.39 is 35.8 Å². The van der Waals surface area contributed by atoms with Gasteiger partial charge in [0.25, 0.3) is 0 Å². The van der Waals surface area contributed by atoms with Crippen molar-refractivity contribution in [2.24, 2.45) is 11.8 Å². The van der Waals surface area contributed by atoms with E-state index in [1.54, 1.807) is 27.7 Å². The molecule has 4 atom stereocenters. The summed E-state index contributed by atoms with van der Waals surface area (Å²) in [6.07, 6.45) is 3.82. The molecule has 11 heteroatoms. The molecular weight excluding hydrogens is 480 g/mol. The molecule has 2 aliphatic heterocycles. The molecule has 4 amide bonds. The normalized spacial score (nSPS) is 21.6. The Morgan fingerprint density at radius 2 is 1.89 bits per heavy atom. The van der Waals surface area contributed by atoms with Gasteiger partial charge in [0, 0.05) is 31.1 Å². The minimum absolute atomic E-state index is 0.0895. The maximum Gasteiger partial charge on any atom is 0.408 e. The van der Waals surface area contributed by atoms with E-state index in [4.69, 9.17) is 9.47 Å². The minimum Gasteiger partial charge on any atom is -0.463 e. The summed E-state index contributed by atoms with van der Waals surface area (Å²) < 4.78 is 10.2. The topological polar surface area (TPSA) is 143 Å². The standard InChI is InChI=1S/C26H42N4O7/c1-7-36-21(31)9-8-18(15-17-10-12-27-22(17)32)28-23(33)20(14-16(2)3)30-13-11-19(24(30)34)29-25(35)37-26(4,5)6/h8-9,16-20H,7,10-15H2,1-6H3,(H,27,32)(H,28,33)(H,29,35)/b9-8+/t17-,18+,19-,20-/m0/s1. The fraction of sp³-hybridized carbons (Fsp3) is 0.731. The fourth-order valence-corrected chi connectivity index (χ4v) is 4.44. The molecule has 2 heterocycles. The van der Waals surface area contributed by atoms with E-state index in [9.17, 15) is 24.0 Å². The molecule has 3 N–H and O–H groups in total. The zero-order valence-corrected chi connectivity index (χ0v) is 22.8. The molecule has 2 saturated heterocycles. The van der Waals surface area contributed by atoms with Crippen LogP contribution in [0.2, 0.25) is 0 Å². The number of rotatable bonds is 11. The van der Waals surface area contributed by atoms with Crippen LogP contribution in [0.4, 0.5) is 4.79 Å². The number of amides is 4. The van der Waals surface area contributed by atoms with Crippen LogP contribution in [-0.2, 0) is 28.7 Å². The predicted octanol–water partition coefficient (Wildman–Crippen LogP) is 1.66. The number of likely N-dealkylation sites (tertiary alicyclic amines) is 1. The van der Waals surface area contributed by atoms with Crippen LogP contribution in [0.3, 0.4) is 0 Å². The van der Waals surface area contributed by atoms with Crippen molar-refractivity contribution in [3.05, 3.63) is 12.2 Å². The van der Waals surface area contributed by atoms with Crippen molar-refractivity contribution >= 4 is 29.8 Å². The summed E-state index contributed by atoms with van der Waals surface area (Å²) in [4.78, 5) is 64.4. The van der Waals surface area contributed by atoms with E-state index in [1.165, 1.54) is 17.1 Å². The van der Waals surface area contributed by atoms with Gasteiger partial charge in [0.2, 0.25) is 17.7 Å². The van der Waals surface area contributed by atoms with Crippen molar-refractivity contribution in [1.82, 2.24) is 20.9 Å². The summed E-state index contributed by atoms with van der Waals surface area (Å²) in [6, 6.07) is -2.15. The zero-order valence-electron chi connectivity index (χ0n) is 22.8. The lowest BCUT2D eigenvalue weighted by atomic mass is 9.96. The average Bonchev–Trinajstić information content (AvgIpc) is 3.34. The van der Waals surface area contributed by atoms with Gasteiger partial charge >= 0.3 is 12.1 Å². The van der Waals surface area contributed by atoms with E-state index >= 15 is 0 Å². The number of carbonyl (C=O) groups is 5. The third-order valence-electron chi connectivity index (χ3n) is 6.08. The average molecular weight is 523 g/mol. The van der Waals surface area contributed by atoms with Crippen molar-refractivity contribution in [3.63, 3.8) is 0 Å². The van der Waals surface area contributed by atoms with Crippen molar-refractivity contribution in [2.75, 3.05) is 19.7 Å². The third-order valence-corrected chi connectivity index (χ3v) is 6.08. The molecule has 0 aliphatic carbocycles. The first-order valence-corrected chi connectivity index (χ1v) is 13.0. The van der Waals surface area contributed by atoms with Crippen LogP contribution in [0, 0.1) is 11.8 Å². The first kappa shape index (κ1) is 30.1. The molecule has 2 fully saturated rings. The van der Waals surface area contributed by atoms with Crippen molar-refractivity contribution in [1.29, 1.82) is 0 Å². The molecular formula is C26H42N4O7. The van der Waals surface area contributed by atoms with Gasteiger partial charge in [-0.05, 0) is 59.3 Å². The number of hydrogen-bond donors (Lipinski definition) is 3. The number of nitrogens with zero attached hydrogens (tertiary/aromatic N) is 1. The van der Waals surface area contributed by atoms with Gasteiger partial charge in [-0.2, -0.15) is 0 Å². The van der Waals surface area contributed by atoms with Gasteiger partial charge < -0.3 is 30.3 Å². The Morgan fingerprint density at radius 1 is 1.19 bits per heavy atom. The highest BCUT2D eigenvalue weighted by Crippen LogP contribution is 2.22. The molecule has 0 aromatic rings. The van der Waals surface area contributed by atoms with Crippen LogP contribution in [0.15, 0.2) is 12.2 Å². The maximum atomic E-state index is 13.5. The molecule has 0 unspecified atom stereocenters. The predicted molar refractivity (Wildman–Crippen MR) is 136 cm³/mol. The van der Waals surface area contributed by atoms with E-state index in [0.29, 0.717) is 38.8 Å². The summed E-state index contributed by atoms with van der Waals surface area (Å²) in [5.41, 5.74) is -0.701. The number of hydrogen-bond acceptors (Lipinski definition) is 7. The maximum absolute atomic E-state index is 13.5. The van der Waals surface area contributed by atoms with Crippen molar-refractivity contribution in [2.45, 2.75) is 91.0 Å². The van der Waals surface area contributed by atoms with E-state index in [-0.39, 0.29) is 36.2 Å². The molecule has 0 spiro atoms. The van der Waals surface area contributed by atoms with Crippen LogP contribution < -0.4 is 16.0 Å². The van der Waals surface area contributed by atoms with E-state index in [0.717, 1.165) is 0 Å². The Balaban J connectivity index is 2.15. The molecule has 37 heavy (non-hydrogen) atoms. The second-order valence-corrected chi connectivity index (χ2v) is 10.9. The zero-order chi connectivity index (χ0) is 27.8. The largest absolute Gasteiger partial charge is 0.463 e. The van der Waals surface area contributed by atoms with Gasteiger partial charge in [0.1, 0.15) is 17.7 Å². The highest BCUT2D eigenvalue weighted by Gasteiger charge is 2.41. The lowest BCUT2D eigenvalue weighted by Gasteiger charge is -2.30. The van der Waals surface area contributed by atoms with Gasteiger partial charge in [-0.3, -0.25) is 14.4 Å². The smallest absolute Gasteiger partial charge is 0.408 e. The lowest BCUT2D eigenvalue weighted by molar-refractivity contribution is -0.139. The van der Waals surface area contributed by atoms with Gasteiger partial charge in [0.15, 0.2) is 0 Å². The molecule has 2 aliphatic rings. The van der Waals surface area contributed by atoms with Crippen LogP contribution in [0.25, 0.3) is 0 Å². The van der Waals surface area contributed by atoms with Crippen LogP contribution >= 0.6 is 0 Å². The Morgan fingerprint density at radius 3 is 2.46 bits per heavy atom. The Kier molecular flexibility index (Phi) is 10.9. The molecule has 0 aromatic heterocycles. The number of ether oxygens (including phenoxy) is 2. The van der Waals surface area contributed by atoms with Gasteiger partial charge in [-0.25, -0.2) is 9.59 Å². The highest BCUT2D eigenvalue weighted by atomic mass is 16.6. The first-order chi connectivity index (χ1) is 17.3. The molecule has 2 rings (SSSR count).